The highest BCUT2D eigenvalue weighted by Gasteiger charge is 2.46. The molecule has 16 nitrogen and oxygen atoms in total. The molecular weight excluding hydrogens is 859 g/mol. The standard InChI is InChI=1S/C46H52Cl2N10O6/c1-22-25(19-59)9-11-45(22,2)21-52-39-35(37(47)53-43(49)55-39)34-18-29-27(13-28(41(61)51-4)17-32(29)64-34)14-30-26(20-60)10-12-46(30,3)57-40-36(38(48)54-44(50)56-40)33-15-23-7-8-24(16-31(23)63-33)42(62)58(5)6/h7-8,13,15-18,20,22,25-26,30,59H,9-12,14,19,21H2,1-6H3,(H,51,61)(H3,49,52,53,55)(H3,50,54,56,57)/t22-,25-,26-,30-,45+,46+/m1/s1. The fourth-order valence-corrected chi connectivity index (χ4v) is 10.3. The van der Waals surface area contributed by atoms with E-state index in [9.17, 15) is 19.5 Å². The van der Waals surface area contributed by atoms with Gasteiger partial charge in [-0.25, -0.2) is 9.97 Å². The van der Waals surface area contributed by atoms with Gasteiger partial charge in [0.2, 0.25) is 11.9 Å². The molecule has 0 radical (unpaired) electrons. The van der Waals surface area contributed by atoms with Gasteiger partial charge >= 0.3 is 0 Å². The van der Waals surface area contributed by atoms with E-state index in [1.54, 1.807) is 51.5 Å². The first kappa shape index (κ1) is 44.6. The Kier molecular flexibility index (Phi) is 12.0. The van der Waals surface area contributed by atoms with Gasteiger partial charge in [0, 0.05) is 67.7 Å². The number of rotatable bonds is 13. The number of nitrogen functional groups attached to an aromatic ring is 2. The minimum absolute atomic E-state index is 0.0124. The van der Waals surface area contributed by atoms with E-state index in [-0.39, 0.29) is 69.7 Å². The Hall–Kier alpha value is -5.97. The van der Waals surface area contributed by atoms with Gasteiger partial charge in [-0.3, -0.25) is 9.59 Å². The molecule has 0 saturated heterocycles. The second kappa shape index (κ2) is 17.2. The Morgan fingerprint density at radius 1 is 0.906 bits per heavy atom. The van der Waals surface area contributed by atoms with Crippen molar-refractivity contribution in [2.75, 3.05) is 56.4 Å². The van der Waals surface area contributed by atoms with Gasteiger partial charge in [0.1, 0.15) is 50.9 Å². The van der Waals surface area contributed by atoms with Crippen molar-refractivity contribution < 1.29 is 28.3 Å². The van der Waals surface area contributed by atoms with Gasteiger partial charge < -0.3 is 51.1 Å². The number of carbonyl (C=O) groups excluding carboxylic acids is 3. The lowest BCUT2D eigenvalue weighted by Gasteiger charge is -2.35. The second-order valence-electron chi connectivity index (χ2n) is 18.0. The van der Waals surface area contributed by atoms with E-state index >= 15 is 0 Å². The lowest BCUT2D eigenvalue weighted by molar-refractivity contribution is -0.112. The molecule has 2 aromatic carbocycles. The van der Waals surface area contributed by atoms with Gasteiger partial charge in [-0.05, 0) is 104 Å². The van der Waals surface area contributed by atoms with E-state index in [2.05, 4.69) is 49.7 Å². The van der Waals surface area contributed by atoms with Crippen LogP contribution in [0, 0.1) is 29.1 Å². The summed E-state index contributed by atoms with van der Waals surface area (Å²) in [5.74, 6) is 0.556. The molecule has 0 bridgehead atoms. The van der Waals surface area contributed by atoms with Crippen molar-refractivity contribution in [3.8, 4) is 22.6 Å². The number of aliphatic hydroxyl groups excluding tert-OH is 1. The number of fused-ring (bicyclic) bond motifs is 2. The maximum Gasteiger partial charge on any atom is 0.253 e. The number of halogens is 2. The molecule has 4 heterocycles. The highest BCUT2D eigenvalue weighted by Crippen LogP contribution is 2.49. The van der Waals surface area contributed by atoms with Crippen molar-refractivity contribution in [2.24, 2.45) is 29.1 Å². The molecule has 0 spiro atoms. The number of hydrogen-bond acceptors (Lipinski definition) is 14. The molecule has 6 aromatic rings. The summed E-state index contributed by atoms with van der Waals surface area (Å²) in [6, 6.07) is 12.3. The largest absolute Gasteiger partial charge is 0.456 e. The molecule has 18 heteroatoms. The van der Waals surface area contributed by atoms with Crippen LogP contribution in [0.25, 0.3) is 44.6 Å². The van der Waals surface area contributed by atoms with Crippen LogP contribution in [0.5, 0.6) is 0 Å². The Balaban J connectivity index is 1.17. The number of aldehydes is 1. The summed E-state index contributed by atoms with van der Waals surface area (Å²) in [6.07, 6.45) is 4.28. The van der Waals surface area contributed by atoms with Gasteiger partial charge in [-0.2, -0.15) is 9.97 Å². The number of anilines is 4. The zero-order valence-electron chi connectivity index (χ0n) is 36.5. The first-order valence-electron chi connectivity index (χ1n) is 21.2. The summed E-state index contributed by atoms with van der Waals surface area (Å²) in [7, 11) is 4.91. The molecule has 6 atom stereocenters. The minimum Gasteiger partial charge on any atom is -0.456 e. The third kappa shape index (κ3) is 8.18. The highest BCUT2D eigenvalue weighted by atomic mass is 35.5. The van der Waals surface area contributed by atoms with Gasteiger partial charge in [-0.1, -0.05) is 43.1 Å². The van der Waals surface area contributed by atoms with E-state index < -0.39 is 5.54 Å². The van der Waals surface area contributed by atoms with Crippen LogP contribution in [0.15, 0.2) is 51.3 Å². The van der Waals surface area contributed by atoms with E-state index in [4.69, 9.17) is 43.5 Å². The number of nitrogens with zero attached hydrogens (tertiary/aromatic N) is 5. The number of carbonyl (C=O) groups is 3. The number of amides is 2. The van der Waals surface area contributed by atoms with Crippen molar-refractivity contribution in [3.05, 3.63) is 69.5 Å². The van der Waals surface area contributed by atoms with Crippen LogP contribution in [0.4, 0.5) is 23.5 Å². The first-order chi connectivity index (χ1) is 30.4. The molecule has 8 rings (SSSR count). The Morgan fingerprint density at radius 3 is 2.22 bits per heavy atom. The van der Waals surface area contributed by atoms with Crippen LogP contribution >= 0.6 is 23.2 Å². The average molecular weight is 912 g/mol. The molecule has 2 fully saturated rings. The van der Waals surface area contributed by atoms with Crippen molar-refractivity contribution in [3.63, 3.8) is 0 Å². The van der Waals surface area contributed by atoms with Gasteiger partial charge in [-0.15, -0.1) is 0 Å². The predicted molar refractivity (Wildman–Crippen MR) is 248 cm³/mol. The number of hydrogen-bond donors (Lipinski definition) is 6. The van der Waals surface area contributed by atoms with Crippen molar-refractivity contribution in [2.45, 2.75) is 58.4 Å². The third-order valence-corrected chi connectivity index (χ3v) is 14.3. The monoisotopic (exact) mass is 910 g/mol. The van der Waals surface area contributed by atoms with Crippen LogP contribution in [0.1, 0.15) is 72.7 Å². The number of benzene rings is 2. The SMILES string of the molecule is CNC(=O)c1cc(C[C@@H]2[C@@H](C=O)CC[C@]2(C)Nc2nc(N)nc(Cl)c2-c2cc3ccc(C(=O)N(C)C)cc3o2)c2cc(-c3c(Cl)nc(N)nc3NC[C@]3(C)CC[C@H](CO)[C@H]3C)oc2c1. The number of aromatic nitrogens is 4. The fraction of sp³-hybridized carbons (Fsp3) is 0.413. The fourth-order valence-electron chi connectivity index (χ4n) is 9.75. The highest BCUT2D eigenvalue weighted by molar-refractivity contribution is 6.33. The minimum atomic E-state index is -0.780. The topological polar surface area (TPSA) is 241 Å². The van der Waals surface area contributed by atoms with E-state index in [0.29, 0.717) is 87.8 Å². The van der Waals surface area contributed by atoms with E-state index in [1.165, 1.54) is 4.90 Å². The molecule has 4 aromatic heterocycles. The van der Waals surface area contributed by atoms with Crippen molar-refractivity contribution in [1.82, 2.24) is 30.2 Å². The molecular formula is C46H52Cl2N10O6. The first-order valence-corrected chi connectivity index (χ1v) is 22.0. The molecule has 2 aliphatic carbocycles. The summed E-state index contributed by atoms with van der Waals surface area (Å²) in [6.45, 7) is 7.04. The third-order valence-electron chi connectivity index (χ3n) is 13.8. The summed E-state index contributed by atoms with van der Waals surface area (Å²) < 4.78 is 12.8. The second-order valence-corrected chi connectivity index (χ2v) is 18.7. The molecule has 336 valence electrons. The lowest BCUT2D eigenvalue weighted by Crippen LogP contribution is -2.42. The molecule has 8 N–H and O–H groups in total. The van der Waals surface area contributed by atoms with Crippen molar-refractivity contribution in [1.29, 1.82) is 0 Å². The maximum atomic E-state index is 13.3. The van der Waals surface area contributed by atoms with Crippen LogP contribution in [-0.2, 0) is 11.2 Å². The van der Waals surface area contributed by atoms with Crippen LogP contribution in [-0.4, -0.2) is 87.9 Å². The molecule has 2 amide bonds. The Bertz CT molecular complexity index is 2810. The van der Waals surface area contributed by atoms with E-state index in [1.807, 2.05) is 19.1 Å². The molecule has 0 aliphatic heterocycles. The Labute approximate surface area is 379 Å². The maximum absolute atomic E-state index is 13.3. The summed E-state index contributed by atoms with van der Waals surface area (Å²) in [5.41, 5.74) is 14.6. The summed E-state index contributed by atoms with van der Waals surface area (Å²) in [4.78, 5) is 58.1. The summed E-state index contributed by atoms with van der Waals surface area (Å²) in [5, 5.41) is 21.3. The van der Waals surface area contributed by atoms with Crippen LogP contribution in [0.3, 0.4) is 0 Å². The molecule has 0 unspecified atom stereocenters. The zero-order chi connectivity index (χ0) is 45.8. The number of nitrogens with one attached hydrogen (secondary N) is 3. The zero-order valence-corrected chi connectivity index (χ0v) is 38.0. The van der Waals surface area contributed by atoms with Crippen molar-refractivity contribution >= 4 is 86.8 Å². The summed E-state index contributed by atoms with van der Waals surface area (Å²) >= 11 is 13.7. The smallest absolute Gasteiger partial charge is 0.253 e. The molecule has 64 heavy (non-hydrogen) atoms. The normalized spacial score (nSPS) is 23.1. The van der Waals surface area contributed by atoms with Crippen LogP contribution < -0.4 is 27.4 Å². The Morgan fingerprint density at radius 2 is 1.56 bits per heavy atom. The van der Waals surface area contributed by atoms with Gasteiger partial charge in [0.15, 0.2) is 0 Å². The quantitative estimate of drug-likeness (QED) is 0.0480. The predicted octanol–water partition coefficient (Wildman–Crippen LogP) is 7.72. The number of aliphatic hydroxyl groups is 1. The molecule has 2 aliphatic rings. The lowest BCUT2D eigenvalue weighted by atomic mass is 9.78. The molecule has 2 saturated carbocycles. The van der Waals surface area contributed by atoms with E-state index in [0.717, 1.165) is 30.1 Å². The van der Waals surface area contributed by atoms with Crippen LogP contribution in [0.2, 0.25) is 10.3 Å². The van der Waals surface area contributed by atoms with Gasteiger partial charge in [0.25, 0.3) is 11.8 Å². The average Bonchev–Trinajstić information content (AvgIpc) is 4.02. The number of nitrogens with two attached hydrogens (primary N) is 2. The van der Waals surface area contributed by atoms with Gasteiger partial charge in [0.05, 0.1) is 11.1 Å². The number of furan rings is 2.